The molecule has 0 radical (unpaired) electrons. The Labute approximate surface area is 154 Å². The quantitative estimate of drug-likeness (QED) is 0.508. The summed E-state index contributed by atoms with van der Waals surface area (Å²) in [6.45, 7) is 1.89. The topological polar surface area (TPSA) is 99.5 Å². The summed E-state index contributed by atoms with van der Waals surface area (Å²) >= 11 is 0. The molecular weight excluding hydrogens is 344 g/mol. The highest BCUT2D eigenvalue weighted by molar-refractivity contribution is 5.95. The predicted molar refractivity (Wildman–Crippen MR) is 101 cm³/mol. The van der Waals surface area contributed by atoms with Crippen LogP contribution in [0.3, 0.4) is 0 Å². The zero-order chi connectivity index (χ0) is 19.0. The maximum atomic E-state index is 12.7. The SMILES string of the molecule is Cc1ccccc1[C@@H](CC(=O)O)NC(=O)c1cc2[nH]c3ccccc3n2n1. The van der Waals surface area contributed by atoms with Crippen LogP contribution < -0.4 is 5.32 Å². The standard InChI is InChI=1S/C20H18N4O3/c1-12-6-2-3-7-13(12)15(11-19(25)26)22-20(27)16-10-18-21-14-8-4-5-9-17(14)24(18)23-16/h2-10,15,21H,11H2,1H3,(H,22,27)(H,25,26)/t15-/m1/s1. The summed E-state index contributed by atoms with van der Waals surface area (Å²) in [6, 6.07) is 16.1. The number of nitrogens with one attached hydrogen (secondary N) is 2. The molecule has 0 aliphatic rings. The monoisotopic (exact) mass is 362 g/mol. The van der Waals surface area contributed by atoms with Gasteiger partial charge < -0.3 is 15.4 Å². The Balaban J connectivity index is 1.65. The fourth-order valence-corrected chi connectivity index (χ4v) is 3.29. The number of aryl methyl sites for hydroxylation is 1. The summed E-state index contributed by atoms with van der Waals surface area (Å²) in [4.78, 5) is 27.2. The molecule has 0 bridgehead atoms. The average molecular weight is 362 g/mol. The van der Waals surface area contributed by atoms with Gasteiger partial charge in [-0.15, -0.1) is 0 Å². The van der Waals surface area contributed by atoms with Crippen molar-refractivity contribution in [1.29, 1.82) is 0 Å². The van der Waals surface area contributed by atoms with E-state index in [1.54, 1.807) is 10.6 Å². The van der Waals surface area contributed by atoms with Crippen LogP contribution in [0.25, 0.3) is 16.7 Å². The molecule has 1 amide bonds. The van der Waals surface area contributed by atoms with Gasteiger partial charge in [0.05, 0.1) is 23.5 Å². The molecule has 2 aromatic carbocycles. The Kier molecular flexibility index (Phi) is 4.12. The molecule has 2 aromatic heterocycles. The van der Waals surface area contributed by atoms with Gasteiger partial charge >= 0.3 is 5.97 Å². The summed E-state index contributed by atoms with van der Waals surface area (Å²) < 4.78 is 1.67. The van der Waals surface area contributed by atoms with Gasteiger partial charge in [-0.1, -0.05) is 36.4 Å². The fourth-order valence-electron chi connectivity index (χ4n) is 3.29. The summed E-state index contributed by atoms with van der Waals surface area (Å²) in [5.41, 5.74) is 4.43. The number of benzene rings is 2. The predicted octanol–water partition coefficient (Wildman–Crippen LogP) is 3.07. The van der Waals surface area contributed by atoms with E-state index in [0.717, 1.165) is 22.2 Å². The van der Waals surface area contributed by atoms with Crippen LogP contribution in [0.1, 0.15) is 34.1 Å². The summed E-state index contributed by atoms with van der Waals surface area (Å²) in [5.74, 6) is -1.39. The van der Waals surface area contributed by atoms with Crippen molar-refractivity contribution < 1.29 is 14.7 Å². The number of rotatable bonds is 5. The van der Waals surface area contributed by atoms with Gasteiger partial charge in [0.1, 0.15) is 5.65 Å². The normalized spacial score (nSPS) is 12.3. The molecule has 7 nitrogen and oxygen atoms in total. The second-order valence-corrected chi connectivity index (χ2v) is 6.45. The first kappa shape index (κ1) is 16.8. The number of aliphatic carboxylic acids is 1. The summed E-state index contributed by atoms with van der Waals surface area (Å²) in [5, 5.41) is 16.4. The lowest BCUT2D eigenvalue weighted by atomic mass is 9.98. The van der Waals surface area contributed by atoms with Crippen LogP contribution in [0.2, 0.25) is 0 Å². The average Bonchev–Trinajstić information content (AvgIpc) is 3.19. The number of para-hydroxylation sites is 2. The first-order valence-electron chi connectivity index (χ1n) is 8.57. The molecule has 7 heteroatoms. The second-order valence-electron chi connectivity index (χ2n) is 6.45. The Morgan fingerprint density at radius 3 is 2.70 bits per heavy atom. The van der Waals surface area contributed by atoms with E-state index >= 15 is 0 Å². The number of carbonyl (C=O) groups excluding carboxylic acids is 1. The van der Waals surface area contributed by atoms with E-state index in [4.69, 9.17) is 0 Å². The highest BCUT2D eigenvalue weighted by Crippen LogP contribution is 2.22. The smallest absolute Gasteiger partial charge is 0.305 e. The molecule has 0 fully saturated rings. The Morgan fingerprint density at radius 2 is 1.93 bits per heavy atom. The molecule has 0 spiro atoms. The Bertz CT molecular complexity index is 1160. The number of carbonyl (C=O) groups is 2. The molecular formula is C20H18N4O3. The van der Waals surface area contributed by atoms with E-state index in [0.29, 0.717) is 5.65 Å². The highest BCUT2D eigenvalue weighted by Gasteiger charge is 2.22. The van der Waals surface area contributed by atoms with Crippen molar-refractivity contribution in [3.63, 3.8) is 0 Å². The third kappa shape index (κ3) is 3.15. The van der Waals surface area contributed by atoms with Gasteiger partial charge in [0.2, 0.25) is 0 Å². The van der Waals surface area contributed by atoms with Crippen LogP contribution in [-0.4, -0.2) is 31.6 Å². The van der Waals surface area contributed by atoms with Crippen molar-refractivity contribution in [2.45, 2.75) is 19.4 Å². The van der Waals surface area contributed by atoms with Gasteiger partial charge in [0, 0.05) is 6.07 Å². The molecule has 0 saturated carbocycles. The van der Waals surface area contributed by atoms with Crippen LogP contribution in [0.4, 0.5) is 0 Å². The Morgan fingerprint density at radius 1 is 1.19 bits per heavy atom. The van der Waals surface area contributed by atoms with Gasteiger partial charge in [0.25, 0.3) is 5.91 Å². The second kappa shape index (κ2) is 6.60. The fraction of sp³-hybridized carbons (Fsp3) is 0.150. The molecule has 1 atom stereocenters. The largest absolute Gasteiger partial charge is 0.481 e. The highest BCUT2D eigenvalue weighted by atomic mass is 16.4. The minimum atomic E-state index is -0.980. The maximum absolute atomic E-state index is 12.7. The number of aromatic nitrogens is 3. The number of carboxylic acids is 1. The van der Waals surface area contributed by atoms with Crippen LogP contribution in [-0.2, 0) is 4.79 Å². The van der Waals surface area contributed by atoms with Crippen molar-refractivity contribution in [3.05, 3.63) is 71.4 Å². The molecule has 4 rings (SSSR count). The summed E-state index contributed by atoms with van der Waals surface area (Å²) in [7, 11) is 0. The number of nitrogens with zero attached hydrogens (tertiary/aromatic N) is 2. The lowest BCUT2D eigenvalue weighted by Gasteiger charge is -2.18. The molecule has 0 aliphatic carbocycles. The van der Waals surface area contributed by atoms with E-state index in [1.165, 1.54) is 0 Å². The Hall–Kier alpha value is -3.61. The number of hydrogen-bond donors (Lipinski definition) is 3. The first-order valence-corrected chi connectivity index (χ1v) is 8.57. The van der Waals surface area contributed by atoms with Crippen molar-refractivity contribution in [3.8, 4) is 0 Å². The van der Waals surface area contributed by atoms with E-state index in [2.05, 4.69) is 15.4 Å². The molecule has 27 heavy (non-hydrogen) atoms. The van der Waals surface area contributed by atoms with Crippen LogP contribution in [0.15, 0.2) is 54.6 Å². The van der Waals surface area contributed by atoms with Crippen molar-refractivity contribution in [2.24, 2.45) is 0 Å². The van der Waals surface area contributed by atoms with Gasteiger partial charge in [0.15, 0.2) is 5.69 Å². The van der Waals surface area contributed by atoms with Gasteiger partial charge in [-0.2, -0.15) is 5.10 Å². The molecule has 0 aliphatic heterocycles. The first-order chi connectivity index (χ1) is 13.0. The molecule has 0 unspecified atom stereocenters. The van der Waals surface area contributed by atoms with Gasteiger partial charge in [-0.05, 0) is 30.2 Å². The zero-order valence-corrected chi connectivity index (χ0v) is 14.6. The van der Waals surface area contributed by atoms with Gasteiger partial charge in [-0.25, -0.2) is 4.52 Å². The third-order valence-corrected chi connectivity index (χ3v) is 4.58. The lowest BCUT2D eigenvalue weighted by Crippen LogP contribution is -2.31. The number of fused-ring (bicyclic) bond motifs is 3. The molecule has 2 heterocycles. The number of carboxylic acid groups (broad SMARTS) is 1. The third-order valence-electron chi connectivity index (χ3n) is 4.58. The number of H-pyrrole nitrogens is 1. The number of hydrogen-bond acceptors (Lipinski definition) is 3. The van der Waals surface area contributed by atoms with Crippen molar-refractivity contribution in [2.75, 3.05) is 0 Å². The minimum Gasteiger partial charge on any atom is -0.481 e. The number of amides is 1. The van der Waals surface area contributed by atoms with Crippen molar-refractivity contribution >= 4 is 28.6 Å². The number of imidazole rings is 1. The lowest BCUT2D eigenvalue weighted by molar-refractivity contribution is -0.137. The van der Waals surface area contributed by atoms with Crippen LogP contribution in [0, 0.1) is 6.92 Å². The zero-order valence-electron chi connectivity index (χ0n) is 14.6. The van der Waals surface area contributed by atoms with E-state index in [1.807, 2.05) is 55.5 Å². The summed E-state index contributed by atoms with van der Waals surface area (Å²) in [6.07, 6.45) is -0.203. The van der Waals surface area contributed by atoms with Crippen LogP contribution in [0.5, 0.6) is 0 Å². The molecule has 0 saturated heterocycles. The van der Waals surface area contributed by atoms with Gasteiger partial charge in [-0.3, -0.25) is 9.59 Å². The van der Waals surface area contributed by atoms with E-state index < -0.39 is 17.9 Å². The van der Waals surface area contributed by atoms with Crippen LogP contribution >= 0.6 is 0 Å². The maximum Gasteiger partial charge on any atom is 0.305 e. The van der Waals surface area contributed by atoms with E-state index in [-0.39, 0.29) is 12.1 Å². The molecule has 3 N–H and O–H groups in total. The van der Waals surface area contributed by atoms with E-state index in [9.17, 15) is 14.7 Å². The number of aromatic amines is 1. The minimum absolute atomic E-state index is 0.203. The van der Waals surface area contributed by atoms with Crippen molar-refractivity contribution in [1.82, 2.24) is 19.9 Å². The molecule has 136 valence electrons. The molecule has 4 aromatic rings.